The van der Waals surface area contributed by atoms with Crippen molar-refractivity contribution in [1.82, 2.24) is 4.98 Å². The van der Waals surface area contributed by atoms with E-state index in [0.717, 1.165) is 17.5 Å². The molecule has 1 heterocycles. The molecule has 17 heavy (non-hydrogen) atoms. The highest BCUT2D eigenvalue weighted by molar-refractivity contribution is 5.74. The third kappa shape index (κ3) is 2.97. The van der Waals surface area contributed by atoms with Gasteiger partial charge in [0.25, 0.3) is 6.01 Å². The number of anilines is 1. The Morgan fingerprint density at radius 2 is 2.12 bits per heavy atom. The molecule has 0 spiro atoms. The molecular formula is C13H19N3O. The van der Waals surface area contributed by atoms with Gasteiger partial charge in [-0.25, -0.2) is 0 Å². The highest BCUT2D eigenvalue weighted by atomic mass is 16.4. The molecule has 0 radical (unpaired) electrons. The zero-order valence-electron chi connectivity index (χ0n) is 10.3. The fraction of sp³-hybridized carbons (Fsp3) is 0.462. The van der Waals surface area contributed by atoms with E-state index in [9.17, 15) is 0 Å². The smallest absolute Gasteiger partial charge is 0.295 e. The summed E-state index contributed by atoms with van der Waals surface area (Å²) in [4.78, 5) is 4.37. The number of rotatable bonds is 5. The first-order valence-electron chi connectivity index (χ1n) is 6.01. The van der Waals surface area contributed by atoms with Crippen molar-refractivity contribution in [3.05, 3.63) is 24.3 Å². The number of benzene rings is 1. The van der Waals surface area contributed by atoms with E-state index in [1.165, 1.54) is 0 Å². The molecule has 0 saturated carbocycles. The van der Waals surface area contributed by atoms with Crippen LogP contribution in [0.15, 0.2) is 28.7 Å². The molecule has 1 unspecified atom stereocenters. The molecule has 2 rings (SSSR count). The van der Waals surface area contributed by atoms with Gasteiger partial charge in [0.05, 0.1) is 0 Å². The van der Waals surface area contributed by atoms with E-state index in [1.54, 1.807) is 0 Å². The molecule has 0 bridgehead atoms. The number of aromatic nitrogens is 1. The Bertz CT molecular complexity index is 445. The number of nitrogens with zero attached hydrogens (tertiary/aromatic N) is 1. The Morgan fingerprint density at radius 3 is 2.76 bits per heavy atom. The standard InChI is InChI=1S/C13H19N3O/c1-9(2)7-10(8-14)15-13-16-11-5-3-4-6-12(11)17-13/h3-6,9-10H,7-8,14H2,1-2H3,(H,15,16). The van der Waals surface area contributed by atoms with E-state index < -0.39 is 0 Å². The molecule has 1 atom stereocenters. The van der Waals surface area contributed by atoms with Gasteiger partial charge in [-0.2, -0.15) is 4.98 Å². The Kier molecular flexibility index (Phi) is 3.64. The summed E-state index contributed by atoms with van der Waals surface area (Å²) < 4.78 is 5.60. The zero-order valence-corrected chi connectivity index (χ0v) is 10.3. The van der Waals surface area contributed by atoms with E-state index in [1.807, 2.05) is 24.3 Å². The Hall–Kier alpha value is -1.55. The molecule has 0 saturated heterocycles. The first kappa shape index (κ1) is 11.9. The van der Waals surface area contributed by atoms with Gasteiger partial charge in [0.2, 0.25) is 0 Å². The number of hydrogen-bond acceptors (Lipinski definition) is 4. The van der Waals surface area contributed by atoms with Gasteiger partial charge >= 0.3 is 0 Å². The molecule has 0 amide bonds. The second kappa shape index (κ2) is 5.19. The van der Waals surface area contributed by atoms with Crippen molar-refractivity contribution >= 4 is 17.1 Å². The van der Waals surface area contributed by atoms with Crippen molar-refractivity contribution in [1.29, 1.82) is 0 Å². The SMILES string of the molecule is CC(C)CC(CN)Nc1nc2ccccc2o1. The van der Waals surface area contributed by atoms with Crippen molar-refractivity contribution in [2.24, 2.45) is 11.7 Å². The van der Waals surface area contributed by atoms with E-state index in [0.29, 0.717) is 18.5 Å². The van der Waals surface area contributed by atoms with Crippen LogP contribution in [0.5, 0.6) is 0 Å². The lowest BCUT2D eigenvalue weighted by Gasteiger charge is -2.17. The van der Waals surface area contributed by atoms with Gasteiger partial charge in [0.1, 0.15) is 5.52 Å². The summed E-state index contributed by atoms with van der Waals surface area (Å²) in [7, 11) is 0. The molecule has 0 aliphatic carbocycles. The quantitative estimate of drug-likeness (QED) is 0.833. The van der Waals surface area contributed by atoms with Gasteiger partial charge in [-0.3, -0.25) is 0 Å². The van der Waals surface area contributed by atoms with Gasteiger partial charge < -0.3 is 15.5 Å². The largest absolute Gasteiger partial charge is 0.424 e. The number of hydrogen-bond donors (Lipinski definition) is 2. The van der Waals surface area contributed by atoms with Crippen LogP contribution < -0.4 is 11.1 Å². The topological polar surface area (TPSA) is 64.1 Å². The zero-order chi connectivity index (χ0) is 12.3. The minimum Gasteiger partial charge on any atom is -0.424 e. The number of fused-ring (bicyclic) bond motifs is 1. The van der Waals surface area contributed by atoms with Crippen molar-refractivity contribution in [2.75, 3.05) is 11.9 Å². The summed E-state index contributed by atoms with van der Waals surface area (Å²) in [5, 5.41) is 3.25. The lowest BCUT2D eigenvalue weighted by atomic mass is 10.0. The first-order chi connectivity index (χ1) is 8.19. The summed E-state index contributed by atoms with van der Waals surface area (Å²) in [6, 6.07) is 8.50. The van der Waals surface area contributed by atoms with Crippen molar-refractivity contribution in [3.8, 4) is 0 Å². The lowest BCUT2D eigenvalue weighted by Crippen LogP contribution is -2.30. The summed E-state index contributed by atoms with van der Waals surface area (Å²) in [5.74, 6) is 0.598. The molecule has 0 fully saturated rings. The molecule has 1 aromatic heterocycles. The molecule has 0 aliphatic heterocycles. The van der Waals surface area contributed by atoms with Gasteiger partial charge in [-0.15, -0.1) is 0 Å². The van der Waals surface area contributed by atoms with Crippen molar-refractivity contribution in [3.63, 3.8) is 0 Å². The minimum atomic E-state index is 0.211. The maximum atomic E-state index is 5.73. The normalized spacial score (nSPS) is 13.2. The minimum absolute atomic E-state index is 0.211. The predicted octanol–water partition coefficient (Wildman–Crippen LogP) is 2.61. The van der Waals surface area contributed by atoms with Gasteiger partial charge in [0, 0.05) is 12.6 Å². The first-order valence-corrected chi connectivity index (χ1v) is 6.01. The molecule has 3 N–H and O–H groups in total. The third-order valence-corrected chi connectivity index (χ3v) is 2.66. The van der Waals surface area contributed by atoms with Gasteiger partial charge in [0.15, 0.2) is 5.58 Å². The number of para-hydroxylation sites is 2. The molecule has 4 nitrogen and oxygen atoms in total. The molecule has 4 heteroatoms. The third-order valence-electron chi connectivity index (χ3n) is 2.66. The number of nitrogens with one attached hydrogen (secondary N) is 1. The van der Waals surface area contributed by atoms with E-state index in [-0.39, 0.29) is 6.04 Å². The monoisotopic (exact) mass is 233 g/mol. The highest BCUT2D eigenvalue weighted by Crippen LogP contribution is 2.19. The van der Waals surface area contributed by atoms with Crippen LogP contribution >= 0.6 is 0 Å². The van der Waals surface area contributed by atoms with Crippen LogP contribution in [0.2, 0.25) is 0 Å². The summed E-state index contributed by atoms with van der Waals surface area (Å²) in [6.07, 6.45) is 1.01. The van der Waals surface area contributed by atoms with Crippen molar-refractivity contribution < 1.29 is 4.42 Å². The van der Waals surface area contributed by atoms with Crippen LogP contribution in [-0.4, -0.2) is 17.6 Å². The summed E-state index contributed by atoms with van der Waals surface area (Å²) in [5.41, 5.74) is 7.40. The van der Waals surface area contributed by atoms with Crippen LogP contribution in [0.3, 0.4) is 0 Å². The molecule has 92 valence electrons. The summed E-state index contributed by atoms with van der Waals surface area (Å²) >= 11 is 0. The second-order valence-electron chi connectivity index (χ2n) is 4.69. The van der Waals surface area contributed by atoms with E-state index >= 15 is 0 Å². The van der Waals surface area contributed by atoms with Crippen LogP contribution in [0.25, 0.3) is 11.1 Å². The predicted molar refractivity (Wildman–Crippen MR) is 69.9 cm³/mol. The molecule has 1 aromatic carbocycles. The van der Waals surface area contributed by atoms with E-state index in [2.05, 4.69) is 24.1 Å². The second-order valence-corrected chi connectivity index (χ2v) is 4.69. The summed E-state index contributed by atoms with van der Waals surface area (Å²) in [6.45, 7) is 4.93. The fourth-order valence-corrected chi connectivity index (χ4v) is 1.89. The maximum Gasteiger partial charge on any atom is 0.295 e. The molecular weight excluding hydrogens is 214 g/mol. The van der Waals surface area contributed by atoms with Crippen LogP contribution in [-0.2, 0) is 0 Å². The number of nitrogens with two attached hydrogens (primary N) is 1. The van der Waals surface area contributed by atoms with Crippen LogP contribution in [0.4, 0.5) is 6.01 Å². The van der Waals surface area contributed by atoms with E-state index in [4.69, 9.17) is 10.2 Å². The van der Waals surface area contributed by atoms with Gasteiger partial charge in [-0.05, 0) is 24.5 Å². The van der Waals surface area contributed by atoms with Crippen molar-refractivity contribution in [2.45, 2.75) is 26.3 Å². The maximum absolute atomic E-state index is 5.73. The fourth-order valence-electron chi connectivity index (χ4n) is 1.89. The Labute approximate surface area is 101 Å². The van der Waals surface area contributed by atoms with Crippen LogP contribution in [0, 0.1) is 5.92 Å². The lowest BCUT2D eigenvalue weighted by molar-refractivity contribution is 0.504. The Morgan fingerprint density at radius 1 is 1.35 bits per heavy atom. The van der Waals surface area contributed by atoms with Gasteiger partial charge in [-0.1, -0.05) is 26.0 Å². The average molecular weight is 233 g/mol. The highest BCUT2D eigenvalue weighted by Gasteiger charge is 2.12. The molecule has 0 aliphatic rings. The molecule has 2 aromatic rings. The Balaban J connectivity index is 2.11. The van der Waals surface area contributed by atoms with Crippen LogP contribution in [0.1, 0.15) is 20.3 Å². The average Bonchev–Trinajstić information content (AvgIpc) is 2.69. The number of oxazole rings is 1.